The Bertz CT molecular complexity index is 722. The lowest BCUT2D eigenvalue weighted by atomic mass is 10.1. The zero-order valence-electron chi connectivity index (χ0n) is 16.1. The number of benzene rings is 1. The van der Waals surface area contributed by atoms with Gasteiger partial charge in [0.05, 0.1) is 6.61 Å². The Morgan fingerprint density at radius 3 is 2.70 bits per heavy atom. The highest BCUT2D eigenvalue weighted by Crippen LogP contribution is 2.20. The molecule has 7 heteroatoms. The highest BCUT2D eigenvalue weighted by Gasteiger charge is 2.06. The molecule has 5 nitrogen and oxygen atoms in total. The largest absolute Gasteiger partial charge is 0.493 e. The van der Waals surface area contributed by atoms with E-state index >= 15 is 0 Å². The van der Waals surface area contributed by atoms with Gasteiger partial charge in [0.25, 0.3) is 0 Å². The second-order valence-corrected chi connectivity index (χ2v) is 6.44. The summed E-state index contributed by atoms with van der Waals surface area (Å²) in [5.41, 5.74) is 3.44. The van der Waals surface area contributed by atoms with Gasteiger partial charge in [0.1, 0.15) is 10.9 Å². The highest BCUT2D eigenvalue weighted by atomic mass is 127. The Hall–Kier alpha value is -1.54. The molecule has 2 aromatic rings. The van der Waals surface area contributed by atoms with Gasteiger partial charge < -0.3 is 15.4 Å². The van der Waals surface area contributed by atoms with E-state index in [9.17, 15) is 0 Å². The van der Waals surface area contributed by atoms with E-state index < -0.39 is 0 Å². The van der Waals surface area contributed by atoms with Gasteiger partial charge >= 0.3 is 0 Å². The predicted molar refractivity (Wildman–Crippen MR) is 124 cm³/mol. The highest BCUT2D eigenvalue weighted by molar-refractivity contribution is 14.0. The average molecular weight is 503 g/mol. The van der Waals surface area contributed by atoms with Gasteiger partial charge in [0.15, 0.2) is 5.96 Å². The van der Waals surface area contributed by atoms with Crippen LogP contribution in [0.2, 0.25) is 5.15 Å². The van der Waals surface area contributed by atoms with Crippen molar-refractivity contribution >= 4 is 41.5 Å². The SMILES string of the molecule is CCCOc1cc(C)ccc1CNC(=NC)NCCc1ccc(Cl)nc1.I. The van der Waals surface area contributed by atoms with E-state index in [2.05, 4.69) is 52.7 Å². The van der Waals surface area contributed by atoms with E-state index in [1.807, 2.05) is 6.07 Å². The molecule has 0 fully saturated rings. The van der Waals surface area contributed by atoms with E-state index in [-0.39, 0.29) is 24.0 Å². The summed E-state index contributed by atoms with van der Waals surface area (Å²) in [4.78, 5) is 8.37. The Morgan fingerprint density at radius 1 is 1.22 bits per heavy atom. The molecule has 0 aliphatic heterocycles. The molecule has 1 heterocycles. The van der Waals surface area contributed by atoms with E-state index in [0.29, 0.717) is 11.7 Å². The number of aryl methyl sites for hydroxylation is 1. The van der Waals surface area contributed by atoms with E-state index in [1.165, 1.54) is 5.56 Å². The third kappa shape index (κ3) is 8.34. The summed E-state index contributed by atoms with van der Waals surface area (Å²) in [7, 11) is 1.77. The third-order valence-electron chi connectivity index (χ3n) is 3.85. The van der Waals surface area contributed by atoms with Gasteiger partial charge in [-0.2, -0.15) is 0 Å². The van der Waals surface area contributed by atoms with Crippen LogP contribution in [0.1, 0.15) is 30.0 Å². The Balaban J connectivity index is 0.00000364. The van der Waals surface area contributed by atoms with Crippen molar-refractivity contribution < 1.29 is 4.74 Å². The number of pyridine rings is 1. The lowest BCUT2D eigenvalue weighted by Gasteiger charge is -2.15. The first-order valence-corrected chi connectivity index (χ1v) is 9.27. The second-order valence-electron chi connectivity index (χ2n) is 6.05. The van der Waals surface area contributed by atoms with Crippen LogP contribution >= 0.6 is 35.6 Å². The lowest BCUT2D eigenvalue weighted by Crippen LogP contribution is -2.37. The molecule has 0 radical (unpaired) electrons. The average Bonchev–Trinajstić information content (AvgIpc) is 2.65. The first-order valence-electron chi connectivity index (χ1n) is 8.89. The summed E-state index contributed by atoms with van der Waals surface area (Å²) in [5.74, 6) is 1.69. The van der Waals surface area contributed by atoms with Gasteiger partial charge in [0, 0.05) is 31.9 Å². The Kier molecular flexibility index (Phi) is 11.1. The Labute approximate surface area is 184 Å². The van der Waals surface area contributed by atoms with Crippen molar-refractivity contribution in [3.05, 3.63) is 58.4 Å². The minimum absolute atomic E-state index is 0. The first kappa shape index (κ1) is 23.5. The lowest BCUT2D eigenvalue weighted by molar-refractivity contribution is 0.313. The van der Waals surface area contributed by atoms with Crippen molar-refractivity contribution in [2.24, 2.45) is 4.99 Å². The van der Waals surface area contributed by atoms with Crippen molar-refractivity contribution in [1.29, 1.82) is 0 Å². The van der Waals surface area contributed by atoms with Crippen LogP contribution in [0.5, 0.6) is 5.75 Å². The van der Waals surface area contributed by atoms with Gasteiger partial charge in [-0.3, -0.25) is 4.99 Å². The molecule has 2 N–H and O–H groups in total. The second kappa shape index (κ2) is 12.8. The number of ether oxygens (including phenoxy) is 1. The molecule has 0 atom stereocenters. The van der Waals surface area contributed by atoms with Crippen molar-refractivity contribution in [2.75, 3.05) is 20.2 Å². The van der Waals surface area contributed by atoms with Crippen molar-refractivity contribution in [1.82, 2.24) is 15.6 Å². The number of nitrogens with one attached hydrogen (secondary N) is 2. The summed E-state index contributed by atoms with van der Waals surface area (Å²) >= 11 is 5.81. The fourth-order valence-electron chi connectivity index (χ4n) is 2.43. The van der Waals surface area contributed by atoms with Crippen LogP contribution in [0.3, 0.4) is 0 Å². The van der Waals surface area contributed by atoms with Gasteiger partial charge in [-0.1, -0.05) is 36.7 Å². The van der Waals surface area contributed by atoms with E-state index in [1.54, 1.807) is 19.3 Å². The third-order valence-corrected chi connectivity index (χ3v) is 4.07. The molecule has 27 heavy (non-hydrogen) atoms. The van der Waals surface area contributed by atoms with Crippen LogP contribution in [-0.4, -0.2) is 31.1 Å². The van der Waals surface area contributed by atoms with Crippen LogP contribution in [0.15, 0.2) is 41.5 Å². The normalized spacial score (nSPS) is 10.9. The molecular formula is C20H28ClIN4O. The molecule has 2 rings (SSSR count). The van der Waals surface area contributed by atoms with Crippen molar-refractivity contribution in [3.63, 3.8) is 0 Å². The van der Waals surface area contributed by atoms with Crippen LogP contribution in [-0.2, 0) is 13.0 Å². The summed E-state index contributed by atoms with van der Waals surface area (Å²) in [5, 5.41) is 7.17. The van der Waals surface area contributed by atoms with Gasteiger partial charge in [-0.25, -0.2) is 4.98 Å². The number of hydrogen-bond donors (Lipinski definition) is 2. The number of aromatic nitrogens is 1. The molecule has 0 amide bonds. The van der Waals surface area contributed by atoms with Crippen LogP contribution < -0.4 is 15.4 Å². The number of halogens is 2. The maximum absolute atomic E-state index is 5.86. The minimum atomic E-state index is 0. The predicted octanol–water partition coefficient (Wildman–Crippen LogP) is 4.36. The molecule has 0 aliphatic rings. The molecular weight excluding hydrogens is 475 g/mol. The quantitative estimate of drug-likeness (QED) is 0.244. The van der Waals surface area contributed by atoms with Crippen LogP contribution in [0, 0.1) is 6.92 Å². The van der Waals surface area contributed by atoms with Crippen molar-refractivity contribution in [3.8, 4) is 5.75 Å². The zero-order valence-corrected chi connectivity index (χ0v) is 19.2. The molecule has 0 saturated heterocycles. The molecule has 0 aliphatic carbocycles. The number of guanidine groups is 1. The maximum atomic E-state index is 5.86. The Morgan fingerprint density at radius 2 is 2.04 bits per heavy atom. The number of hydrogen-bond acceptors (Lipinski definition) is 3. The molecule has 1 aromatic carbocycles. The van der Waals surface area contributed by atoms with Gasteiger partial charge in [-0.05, 0) is 43.0 Å². The molecule has 1 aromatic heterocycles. The summed E-state index contributed by atoms with van der Waals surface area (Å²) in [6.45, 7) is 6.31. The zero-order chi connectivity index (χ0) is 18.8. The summed E-state index contributed by atoms with van der Waals surface area (Å²) in [6, 6.07) is 10.1. The van der Waals surface area contributed by atoms with E-state index in [0.717, 1.165) is 48.8 Å². The van der Waals surface area contributed by atoms with Crippen LogP contribution in [0.4, 0.5) is 0 Å². The fourth-order valence-corrected chi connectivity index (χ4v) is 2.55. The molecule has 0 saturated carbocycles. The molecule has 0 spiro atoms. The number of aliphatic imine (C=N–C) groups is 1. The monoisotopic (exact) mass is 502 g/mol. The molecule has 148 valence electrons. The van der Waals surface area contributed by atoms with E-state index in [4.69, 9.17) is 16.3 Å². The van der Waals surface area contributed by atoms with Crippen molar-refractivity contribution in [2.45, 2.75) is 33.2 Å². The van der Waals surface area contributed by atoms with Gasteiger partial charge in [0.2, 0.25) is 0 Å². The first-order chi connectivity index (χ1) is 12.6. The maximum Gasteiger partial charge on any atom is 0.191 e. The van der Waals surface area contributed by atoms with Crippen LogP contribution in [0.25, 0.3) is 0 Å². The fraction of sp³-hybridized carbons (Fsp3) is 0.400. The minimum Gasteiger partial charge on any atom is -0.493 e. The topological polar surface area (TPSA) is 58.5 Å². The molecule has 0 unspecified atom stereocenters. The standard InChI is InChI=1S/C20H27ClN4O.HI/c1-4-11-26-18-12-15(2)5-7-17(18)14-25-20(22-3)23-10-9-16-6-8-19(21)24-13-16;/h5-8,12-13H,4,9-11,14H2,1-3H3,(H2,22,23,25);1H. The summed E-state index contributed by atoms with van der Waals surface area (Å²) < 4.78 is 5.86. The summed E-state index contributed by atoms with van der Waals surface area (Å²) in [6.07, 6.45) is 3.63. The van der Waals surface area contributed by atoms with Gasteiger partial charge in [-0.15, -0.1) is 24.0 Å². The number of rotatable bonds is 8. The smallest absolute Gasteiger partial charge is 0.191 e. The number of nitrogens with zero attached hydrogens (tertiary/aromatic N) is 2. The molecule has 0 bridgehead atoms.